The minimum absolute atomic E-state index is 0.143. The zero-order chi connectivity index (χ0) is 9.10. The Kier molecular flexibility index (Phi) is 2.34. The molecule has 1 N–H and O–H groups in total. The van der Waals surface area contributed by atoms with Crippen molar-refractivity contribution in [3.8, 4) is 0 Å². The van der Waals surface area contributed by atoms with Crippen LogP contribution >= 0.6 is 0 Å². The van der Waals surface area contributed by atoms with Gasteiger partial charge in [-0.1, -0.05) is 0 Å². The zero-order valence-corrected chi connectivity index (χ0v) is 7.62. The Morgan fingerprint density at radius 2 is 2.08 bits per heavy atom. The van der Waals surface area contributed by atoms with Crippen LogP contribution in [0.2, 0.25) is 0 Å². The van der Waals surface area contributed by atoms with E-state index < -0.39 is 0 Å². The molecule has 13 heavy (non-hydrogen) atoms. The van der Waals surface area contributed by atoms with Gasteiger partial charge in [-0.2, -0.15) is 0 Å². The van der Waals surface area contributed by atoms with Gasteiger partial charge in [0.1, 0.15) is 5.69 Å². The quantitative estimate of drug-likeness (QED) is 0.697. The largest absolute Gasteiger partial charge is 0.357 e. The second-order valence-corrected chi connectivity index (χ2v) is 3.44. The van der Waals surface area contributed by atoms with Crippen molar-refractivity contribution in [1.29, 1.82) is 0 Å². The topological polar surface area (TPSA) is 36.1 Å². The van der Waals surface area contributed by atoms with Gasteiger partial charge < -0.3 is 9.88 Å². The fraction of sp³-hybridized carbons (Fsp3) is 0.500. The fourth-order valence-electron chi connectivity index (χ4n) is 1.73. The van der Waals surface area contributed by atoms with Crippen LogP contribution in [0.3, 0.4) is 0 Å². The Morgan fingerprint density at radius 1 is 1.31 bits per heavy atom. The molecule has 3 heteroatoms. The van der Waals surface area contributed by atoms with E-state index in [1.54, 1.807) is 6.20 Å². The van der Waals surface area contributed by atoms with Gasteiger partial charge in [0.2, 0.25) is 0 Å². The lowest BCUT2D eigenvalue weighted by atomic mass is 10.1. The molecule has 0 unspecified atom stereocenters. The molecule has 0 aliphatic carbocycles. The number of nitrogens with zero attached hydrogens (tertiary/aromatic N) is 1. The van der Waals surface area contributed by atoms with Crippen LogP contribution in [0.15, 0.2) is 18.3 Å². The number of carbonyl (C=O) groups excluding carboxylic acids is 1. The lowest BCUT2D eigenvalue weighted by Crippen LogP contribution is -2.35. The first-order chi connectivity index (χ1) is 6.38. The zero-order valence-electron chi connectivity index (χ0n) is 7.62. The van der Waals surface area contributed by atoms with Gasteiger partial charge in [-0.15, -0.1) is 0 Å². The minimum Gasteiger partial charge on any atom is -0.357 e. The number of H-pyrrole nitrogens is 1. The number of nitrogens with one attached hydrogen (secondary N) is 1. The lowest BCUT2D eigenvalue weighted by Gasteiger charge is -2.26. The molecule has 1 aromatic rings. The summed E-state index contributed by atoms with van der Waals surface area (Å²) < 4.78 is 0. The number of hydrogen-bond acceptors (Lipinski definition) is 1. The van der Waals surface area contributed by atoms with Crippen LogP contribution < -0.4 is 0 Å². The summed E-state index contributed by atoms with van der Waals surface area (Å²) in [7, 11) is 0. The molecule has 0 bridgehead atoms. The highest BCUT2D eigenvalue weighted by atomic mass is 16.2. The highest BCUT2D eigenvalue weighted by Gasteiger charge is 2.17. The van der Waals surface area contributed by atoms with E-state index in [9.17, 15) is 4.79 Å². The molecule has 1 fully saturated rings. The third-order valence-electron chi connectivity index (χ3n) is 2.47. The van der Waals surface area contributed by atoms with Crippen molar-refractivity contribution >= 4 is 5.91 Å². The molecule has 0 atom stereocenters. The first kappa shape index (κ1) is 8.35. The average Bonchev–Trinajstić information content (AvgIpc) is 2.71. The lowest BCUT2D eigenvalue weighted by molar-refractivity contribution is 0.0719. The summed E-state index contributed by atoms with van der Waals surface area (Å²) in [6.07, 6.45) is 5.34. The molecule has 1 aliphatic rings. The molecule has 0 saturated carbocycles. The molecule has 70 valence electrons. The number of likely N-dealkylation sites (tertiary alicyclic amines) is 1. The molecule has 2 heterocycles. The van der Waals surface area contributed by atoms with Gasteiger partial charge in [-0.05, 0) is 31.4 Å². The maximum Gasteiger partial charge on any atom is 0.270 e. The van der Waals surface area contributed by atoms with E-state index in [1.165, 1.54) is 6.42 Å². The second kappa shape index (κ2) is 3.64. The van der Waals surface area contributed by atoms with Crippen LogP contribution in [0.25, 0.3) is 0 Å². The van der Waals surface area contributed by atoms with Crippen LogP contribution in [0.5, 0.6) is 0 Å². The first-order valence-electron chi connectivity index (χ1n) is 4.80. The number of hydrogen-bond donors (Lipinski definition) is 1. The number of aromatic amines is 1. The van der Waals surface area contributed by atoms with Crippen molar-refractivity contribution in [1.82, 2.24) is 9.88 Å². The first-order valence-corrected chi connectivity index (χ1v) is 4.80. The maximum absolute atomic E-state index is 11.8. The summed E-state index contributed by atoms with van der Waals surface area (Å²) in [6, 6.07) is 3.69. The van der Waals surface area contributed by atoms with Crippen LogP contribution in [-0.4, -0.2) is 28.9 Å². The number of amides is 1. The van der Waals surface area contributed by atoms with Crippen molar-refractivity contribution < 1.29 is 4.79 Å². The Bertz CT molecular complexity index is 273. The van der Waals surface area contributed by atoms with E-state index in [1.807, 2.05) is 17.0 Å². The number of rotatable bonds is 1. The highest BCUT2D eigenvalue weighted by molar-refractivity contribution is 5.92. The predicted octanol–water partition coefficient (Wildman–Crippen LogP) is 1.64. The van der Waals surface area contributed by atoms with Gasteiger partial charge in [-0.25, -0.2) is 0 Å². The minimum atomic E-state index is 0.143. The Balaban J connectivity index is 2.04. The van der Waals surface area contributed by atoms with Crippen LogP contribution in [0.1, 0.15) is 29.8 Å². The van der Waals surface area contributed by atoms with E-state index in [0.29, 0.717) is 5.69 Å². The normalized spacial score (nSPS) is 17.4. The van der Waals surface area contributed by atoms with E-state index in [-0.39, 0.29) is 5.91 Å². The molecule has 0 spiro atoms. The van der Waals surface area contributed by atoms with Crippen molar-refractivity contribution in [3.05, 3.63) is 24.0 Å². The highest BCUT2D eigenvalue weighted by Crippen LogP contribution is 2.11. The molecule has 3 nitrogen and oxygen atoms in total. The fourth-order valence-corrected chi connectivity index (χ4v) is 1.73. The molecule has 1 amide bonds. The van der Waals surface area contributed by atoms with Crippen molar-refractivity contribution in [3.63, 3.8) is 0 Å². The van der Waals surface area contributed by atoms with Crippen molar-refractivity contribution in [2.45, 2.75) is 19.3 Å². The van der Waals surface area contributed by atoms with Crippen LogP contribution in [0, 0.1) is 0 Å². The average molecular weight is 178 g/mol. The Labute approximate surface area is 77.7 Å². The SMILES string of the molecule is O=C(c1ccc[nH]1)N1CCCCC1. The van der Waals surface area contributed by atoms with Gasteiger partial charge in [0.05, 0.1) is 0 Å². The molecule has 1 saturated heterocycles. The molecule has 1 aliphatic heterocycles. The molecule has 2 rings (SSSR count). The van der Waals surface area contributed by atoms with E-state index in [2.05, 4.69) is 4.98 Å². The monoisotopic (exact) mass is 178 g/mol. The van der Waals surface area contributed by atoms with Gasteiger partial charge >= 0.3 is 0 Å². The smallest absolute Gasteiger partial charge is 0.270 e. The second-order valence-electron chi connectivity index (χ2n) is 3.44. The van der Waals surface area contributed by atoms with Crippen LogP contribution in [0.4, 0.5) is 0 Å². The van der Waals surface area contributed by atoms with Gasteiger partial charge in [0, 0.05) is 19.3 Å². The van der Waals surface area contributed by atoms with E-state index >= 15 is 0 Å². The number of piperidine rings is 1. The molecule has 0 aromatic carbocycles. The van der Waals surface area contributed by atoms with Gasteiger partial charge in [0.25, 0.3) is 5.91 Å². The standard InChI is InChI=1S/C10H14N2O/c13-10(9-5-4-6-11-9)12-7-2-1-3-8-12/h4-6,11H,1-3,7-8H2. The summed E-state index contributed by atoms with van der Waals surface area (Å²) in [5, 5.41) is 0. The van der Waals surface area contributed by atoms with Crippen molar-refractivity contribution in [2.75, 3.05) is 13.1 Å². The van der Waals surface area contributed by atoms with Crippen LogP contribution in [-0.2, 0) is 0 Å². The molecule has 0 radical (unpaired) electrons. The molecular formula is C10H14N2O. The molecular weight excluding hydrogens is 164 g/mol. The summed E-state index contributed by atoms with van der Waals surface area (Å²) in [6.45, 7) is 1.83. The Hall–Kier alpha value is -1.25. The van der Waals surface area contributed by atoms with E-state index in [0.717, 1.165) is 25.9 Å². The number of aromatic nitrogens is 1. The number of carbonyl (C=O) groups is 1. The summed E-state index contributed by atoms with van der Waals surface area (Å²) in [5.41, 5.74) is 0.710. The Morgan fingerprint density at radius 3 is 2.69 bits per heavy atom. The summed E-state index contributed by atoms with van der Waals surface area (Å²) >= 11 is 0. The predicted molar refractivity (Wildman–Crippen MR) is 50.5 cm³/mol. The summed E-state index contributed by atoms with van der Waals surface area (Å²) in [4.78, 5) is 16.6. The third kappa shape index (κ3) is 1.74. The van der Waals surface area contributed by atoms with E-state index in [4.69, 9.17) is 0 Å². The van der Waals surface area contributed by atoms with Gasteiger partial charge in [-0.3, -0.25) is 4.79 Å². The molecule has 1 aromatic heterocycles. The maximum atomic E-state index is 11.8. The summed E-state index contributed by atoms with van der Waals surface area (Å²) in [5.74, 6) is 0.143. The van der Waals surface area contributed by atoms with Gasteiger partial charge in [0.15, 0.2) is 0 Å². The van der Waals surface area contributed by atoms with Crippen molar-refractivity contribution in [2.24, 2.45) is 0 Å². The third-order valence-corrected chi connectivity index (χ3v) is 2.47.